The van der Waals surface area contributed by atoms with Crippen LogP contribution >= 0.6 is 0 Å². The first-order valence-corrected chi connectivity index (χ1v) is 10.5. The summed E-state index contributed by atoms with van der Waals surface area (Å²) in [6.07, 6.45) is 4.42. The molecule has 1 aliphatic rings. The average Bonchev–Trinajstić information content (AvgIpc) is 3.35. The summed E-state index contributed by atoms with van der Waals surface area (Å²) in [6, 6.07) is 8.46. The van der Waals surface area contributed by atoms with Crippen molar-refractivity contribution >= 4 is 27.9 Å². The highest BCUT2D eigenvalue weighted by atomic mass is 16.1. The van der Waals surface area contributed by atoms with E-state index in [1.165, 1.54) is 12.8 Å². The Bertz CT molecular complexity index is 1310. The molecule has 0 N–H and O–H groups in total. The Labute approximate surface area is 175 Å². The number of nitrogens with zero attached hydrogens (tertiary/aromatic N) is 6. The van der Waals surface area contributed by atoms with Crippen LogP contribution in [0.25, 0.3) is 33.2 Å². The van der Waals surface area contributed by atoms with Crippen molar-refractivity contribution in [1.82, 2.24) is 24.3 Å². The number of benzene rings is 1. The van der Waals surface area contributed by atoms with Crippen molar-refractivity contribution < 1.29 is 0 Å². The second-order valence-electron chi connectivity index (χ2n) is 8.46. The SMILES string of the molecule is Cc1cc2nnc3c(c2cc1-c1ccc(N2CCCC2)nc1)n(C(C)C)c(=O)n3C. The number of pyridine rings is 1. The minimum absolute atomic E-state index is 0.0276. The largest absolute Gasteiger partial charge is 0.357 e. The highest BCUT2D eigenvalue weighted by Gasteiger charge is 2.19. The predicted octanol–water partition coefficient (Wildman–Crippen LogP) is 3.83. The highest BCUT2D eigenvalue weighted by Crippen LogP contribution is 2.32. The van der Waals surface area contributed by atoms with Gasteiger partial charge < -0.3 is 4.90 Å². The molecule has 1 saturated heterocycles. The molecule has 7 heteroatoms. The van der Waals surface area contributed by atoms with Crippen LogP contribution in [-0.4, -0.2) is 37.4 Å². The molecule has 0 aliphatic carbocycles. The van der Waals surface area contributed by atoms with Gasteiger partial charge in [0, 0.05) is 43.3 Å². The molecule has 0 amide bonds. The van der Waals surface area contributed by atoms with Crippen LogP contribution in [0.3, 0.4) is 0 Å². The molecule has 3 aromatic heterocycles. The van der Waals surface area contributed by atoms with E-state index < -0.39 is 0 Å². The van der Waals surface area contributed by atoms with Gasteiger partial charge in [-0.05, 0) is 69.0 Å². The maximum atomic E-state index is 12.8. The van der Waals surface area contributed by atoms with Crippen LogP contribution in [0.2, 0.25) is 0 Å². The van der Waals surface area contributed by atoms with Crippen LogP contribution in [0.5, 0.6) is 0 Å². The Morgan fingerprint density at radius 1 is 1.07 bits per heavy atom. The highest BCUT2D eigenvalue weighted by molar-refractivity contribution is 6.03. The predicted molar refractivity (Wildman–Crippen MR) is 120 cm³/mol. The number of aromatic nitrogens is 5. The standard InChI is InChI=1S/C23H26N6O/c1-14(2)29-21-18-12-17(16-7-8-20(24-13-16)28-9-5-6-10-28)15(3)11-19(18)25-26-22(21)27(4)23(29)30/h7-8,11-14H,5-6,9-10H2,1-4H3. The van der Waals surface area contributed by atoms with Crippen LogP contribution in [-0.2, 0) is 7.05 Å². The van der Waals surface area contributed by atoms with E-state index >= 15 is 0 Å². The van der Waals surface area contributed by atoms with Gasteiger partial charge in [0.1, 0.15) is 11.3 Å². The van der Waals surface area contributed by atoms with Crippen molar-refractivity contribution in [3.8, 4) is 11.1 Å². The van der Waals surface area contributed by atoms with Gasteiger partial charge in [-0.3, -0.25) is 9.13 Å². The maximum absolute atomic E-state index is 12.8. The Kier molecular flexibility index (Phi) is 4.34. The summed E-state index contributed by atoms with van der Waals surface area (Å²) >= 11 is 0. The summed E-state index contributed by atoms with van der Waals surface area (Å²) in [5, 5.41) is 9.69. The van der Waals surface area contributed by atoms with Gasteiger partial charge in [-0.2, -0.15) is 0 Å². The lowest BCUT2D eigenvalue weighted by Crippen LogP contribution is -2.23. The molecular weight excluding hydrogens is 376 g/mol. The second-order valence-corrected chi connectivity index (χ2v) is 8.46. The van der Waals surface area contributed by atoms with Crippen molar-refractivity contribution in [2.24, 2.45) is 7.05 Å². The summed E-state index contributed by atoms with van der Waals surface area (Å²) in [5.74, 6) is 1.04. The molecule has 4 heterocycles. The van der Waals surface area contributed by atoms with Crippen LogP contribution < -0.4 is 10.6 Å². The normalized spacial score (nSPS) is 14.5. The molecule has 4 aromatic rings. The Balaban J connectivity index is 1.71. The fourth-order valence-electron chi connectivity index (χ4n) is 4.51. The molecule has 0 saturated carbocycles. The minimum Gasteiger partial charge on any atom is -0.357 e. The number of fused-ring (bicyclic) bond motifs is 3. The molecule has 30 heavy (non-hydrogen) atoms. The molecule has 0 bridgehead atoms. The fourth-order valence-corrected chi connectivity index (χ4v) is 4.51. The van der Waals surface area contributed by atoms with Gasteiger partial charge in [-0.1, -0.05) is 0 Å². The molecule has 154 valence electrons. The third-order valence-corrected chi connectivity index (χ3v) is 6.12. The van der Waals surface area contributed by atoms with E-state index in [-0.39, 0.29) is 11.7 Å². The molecule has 5 rings (SSSR count). The first-order valence-electron chi connectivity index (χ1n) is 10.5. The number of imidazole rings is 1. The molecule has 1 aliphatic heterocycles. The van der Waals surface area contributed by atoms with Crippen LogP contribution in [0.4, 0.5) is 5.82 Å². The minimum atomic E-state index is -0.0689. The van der Waals surface area contributed by atoms with E-state index in [1.54, 1.807) is 16.2 Å². The summed E-state index contributed by atoms with van der Waals surface area (Å²) in [5.41, 5.74) is 5.46. The number of anilines is 1. The van der Waals surface area contributed by atoms with Crippen molar-refractivity contribution in [3.63, 3.8) is 0 Å². The van der Waals surface area contributed by atoms with Crippen LogP contribution in [0.15, 0.2) is 35.3 Å². The molecule has 0 spiro atoms. The van der Waals surface area contributed by atoms with Gasteiger partial charge in [0.05, 0.1) is 5.52 Å². The Morgan fingerprint density at radius 3 is 2.50 bits per heavy atom. The summed E-state index contributed by atoms with van der Waals surface area (Å²) in [6.45, 7) is 8.28. The lowest BCUT2D eigenvalue weighted by molar-refractivity contribution is 0.584. The summed E-state index contributed by atoms with van der Waals surface area (Å²) in [7, 11) is 1.75. The quantitative estimate of drug-likeness (QED) is 0.521. The van der Waals surface area contributed by atoms with E-state index in [9.17, 15) is 4.79 Å². The molecule has 7 nitrogen and oxygen atoms in total. The lowest BCUT2D eigenvalue weighted by atomic mass is 9.99. The van der Waals surface area contributed by atoms with E-state index in [0.717, 1.165) is 52.0 Å². The Morgan fingerprint density at radius 2 is 1.83 bits per heavy atom. The molecule has 0 unspecified atom stereocenters. The Hall–Kier alpha value is -3.22. The van der Waals surface area contributed by atoms with E-state index in [1.807, 2.05) is 26.1 Å². The van der Waals surface area contributed by atoms with Gasteiger partial charge in [0.25, 0.3) is 0 Å². The lowest BCUT2D eigenvalue weighted by Gasteiger charge is -2.17. The number of hydrogen-bond donors (Lipinski definition) is 0. The topological polar surface area (TPSA) is 68.8 Å². The number of hydrogen-bond acceptors (Lipinski definition) is 5. The van der Waals surface area contributed by atoms with Crippen molar-refractivity contribution in [3.05, 3.63) is 46.5 Å². The first-order chi connectivity index (χ1) is 14.5. The molecule has 0 radical (unpaired) electrons. The summed E-state index contributed by atoms with van der Waals surface area (Å²) in [4.78, 5) is 19.9. The van der Waals surface area contributed by atoms with Gasteiger partial charge >= 0.3 is 5.69 Å². The van der Waals surface area contributed by atoms with Crippen LogP contribution in [0, 0.1) is 6.92 Å². The van der Waals surface area contributed by atoms with Crippen molar-refractivity contribution in [1.29, 1.82) is 0 Å². The third-order valence-electron chi connectivity index (χ3n) is 6.12. The third kappa shape index (κ3) is 2.80. The zero-order chi connectivity index (χ0) is 21.0. The van der Waals surface area contributed by atoms with Crippen LogP contribution in [0.1, 0.15) is 38.3 Å². The van der Waals surface area contributed by atoms with E-state index in [2.05, 4.69) is 40.2 Å². The van der Waals surface area contributed by atoms with Gasteiger partial charge in [-0.15, -0.1) is 10.2 Å². The monoisotopic (exact) mass is 402 g/mol. The number of aryl methyl sites for hydroxylation is 2. The fraction of sp³-hybridized carbons (Fsp3) is 0.391. The average molecular weight is 403 g/mol. The van der Waals surface area contributed by atoms with E-state index in [0.29, 0.717) is 5.65 Å². The molecule has 0 atom stereocenters. The zero-order valence-electron chi connectivity index (χ0n) is 17.9. The maximum Gasteiger partial charge on any atom is 0.330 e. The van der Waals surface area contributed by atoms with Crippen molar-refractivity contribution in [2.75, 3.05) is 18.0 Å². The molecule has 1 aromatic carbocycles. The van der Waals surface area contributed by atoms with Gasteiger partial charge in [-0.25, -0.2) is 9.78 Å². The molecular formula is C23H26N6O. The van der Waals surface area contributed by atoms with Gasteiger partial charge in [0.2, 0.25) is 0 Å². The second kappa shape index (κ2) is 6.93. The number of rotatable bonds is 3. The summed E-state index contributed by atoms with van der Waals surface area (Å²) < 4.78 is 3.38. The smallest absolute Gasteiger partial charge is 0.330 e. The van der Waals surface area contributed by atoms with Crippen molar-refractivity contribution in [2.45, 2.75) is 39.7 Å². The molecule has 1 fully saturated rings. The van der Waals surface area contributed by atoms with Gasteiger partial charge in [0.15, 0.2) is 5.65 Å². The zero-order valence-corrected chi connectivity index (χ0v) is 17.9. The van der Waals surface area contributed by atoms with E-state index in [4.69, 9.17) is 4.98 Å². The first kappa shape index (κ1) is 18.8.